The van der Waals surface area contributed by atoms with Gasteiger partial charge in [0.05, 0.1) is 38.6 Å². The van der Waals surface area contributed by atoms with Crippen molar-refractivity contribution in [2.75, 3.05) is 26.4 Å². The third kappa shape index (κ3) is 42.1. The molecule has 3 rings (SSSR count). The molecule has 19 heteroatoms. The fourth-order valence-electron chi connectivity index (χ4n) is 12.9. The molecule has 588 valence electrons. The predicted octanol–water partition coefficient (Wildman–Crippen LogP) is 13.3. The zero-order valence-corrected chi connectivity index (χ0v) is 62.8. The molecule has 3 aliphatic rings. The van der Waals surface area contributed by atoms with Crippen LogP contribution in [0.5, 0.6) is 0 Å². The van der Waals surface area contributed by atoms with Crippen LogP contribution in [0, 0.1) is 0 Å². The fraction of sp³-hybridized carbons (Fsp3) is 0.771. The number of amides is 1. The molecule has 17 unspecified atom stereocenters. The van der Waals surface area contributed by atoms with Crippen molar-refractivity contribution in [3.05, 3.63) is 109 Å². The lowest BCUT2D eigenvalue weighted by Crippen LogP contribution is -2.66. The molecular weight excluding hydrogens is 1300 g/mol. The average molecular weight is 1440 g/mol. The first-order valence-corrected chi connectivity index (χ1v) is 40.1. The van der Waals surface area contributed by atoms with Gasteiger partial charge in [0.1, 0.15) is 73.2 Å². The van der Waals surface area contributed by atoms with E-state index in [2.05, 4.69) is 116 Å². The fourth-order valence-corrected chi connectivity index (χ4v) is 12.9. The number of hydrogen-bond donors (Lipinski definition) is 12. The normalized spacial score (nSPS) is 26.8. The molecule has 0 aromatic rings. The molecule has 19 nitrogen and oxygen atoms in total. The number of unbranched alkanes of at least 4 members (excludes halogenated alkanes) is 30. The molecule has 0 aromatic carbocycles. The second kappa shape index (κ2) is 62.5. The zero-order chi connectivity index (χ0) is 73.9. The summed E-state index contributed by atoms with van der Waals surface area (Å²) < 4.78 is 34.4. The molecule has 3 saturated heterocycles. The number of carbonyl (C=O) groups is 1. The van der Waals surface area contributed by atoms with E-state index in [-0.39, 0.29) is 18.9 Å². The summed E-state index contributed by atoms with van der Waals surface area (Å²) in [7, 11) is 0. The van der Waals surface area contributed by atoms with E-state index in [1.54, 1.807) is 6.08 Å². The molecule has 102 heavy (non-hydrogen) atoms. The lowest BCUT2D eigenvalue weighted by molar-refractivity contribution is -0.379. The molecule has 1 amide bonds. The minimum atomic E-state index is -1.99. The molecule has 3 heterocycles. The lowest BCUT2D eigenvalue weighted by atomic mass is 9.96. The quantitative estimate of drug-likeness (QED) is 0.0199. The molecule has 3 aliphatic heterocycles. The van der Waals surface area contributed by atoms with E-state index >= 15 is 0 Å². The molecule has 0 aromatic heterocycles. The first-order valence-electron chi connectivity index (χ1n) is 40.1. The van der Waals surface area contributed by atoms with Gasteiger partial charge in [0.15, 0.2) is 18.9 Å². The van der Waals surface area contributed by atoms with Gasteiger partial charge in [-0.15, -0.1) is 0 Å². The maximum Gasteiger partial charge on any atom is 0.220 e. The third-order valence-corrected chi connectivity index (χ3v) is 19.3. The van der Waals surface area contributed by atoms with Crippen molar-refractivity contribution in [2.45, 2.75) is 381 Å². The smallest absolute Gasteiger partial charge is 0.220 e. The molecule has 0 bridgehead atoms. The molecule has 0 saturated carbocycles. The zero-order valence-electron chi connectivity index (χ0n) is 62.8. The van der Waals surface area contributed by atoms with Crippen molar-refractivity contribution in [3.63, 3.8) is 0 Å². The van der Waals surface area contributed by atoms with Crippen LogP contribution in [0.15, 0.2) is 109 Å². The van der Waals surface area contributed by atoms with Crippen LogP contribution in [-0.4, -0.2) is 193 Å². The number of carbonyl (C=O) groups excluding carboxylic acids is 1. The molecule has 0 spiro atoms. The van der Waals surface area contributed by atoms with Crippen molar-refractivity contribution >= 4 is 5.91 Å². The van der Waals surface area contributed by atoms with Crippen LogP contribution >= 0.6 is 0 Å². The maximum atomic E-state index is 13.5. The van der Waals surface area contributed by atoms with E-state index in [0.29, 0.717) is 6.42 Å². The van der Waals surface area contributed by atoms with Crippen LogP contribution < -0.4 is 5.32 Å². The molecule has 0 radical (unpaired) electrons. The Morgan fingerprint density at radius 3 is 1.06 bits per heavy atom. The first kappa shape index (κ1) is 92.7. The highest BCUT2D eigenvalue weighted by Crippen LogP contribution is 2.33. The molecule has 12 N–H and O–H groups in total. The summed E-state index contributed by atoms with van der Waals surface area (Å²) in [4.78, 5) is 13.5. The Morgan fingerprint density at radius 2 is 0.676 bits per heavy atom. The molecule has 17 atom stereocenters. The highest BCUT2D eigenvalue weighted by molar-refractivity contribution is 5.76. The Bertz CT molecular complexity index is 2270. The minimum absolute atomic E-state index is 0.207. The van der Waals surface area contributed by atoms with Crippen molar-refractivity contribution in [1.82, 2.24) is 5.32 Å². The summed E-state index contributed by atoms with van der Waals surface area (Å²) in [5, 5.41) is 121. The summed E-state index contributed by atoms with van der Waals surface area (Å²) in [6.07, 6.45) is 59.2. The lowest BCUT2D eigenvalue weighted by Gasteiger charge is -2.48. The highest BCUT2D eigenvalue weighted by Gasteiger charge is 2.54. The van der Waals surface area contributed by atoms with Gasteiger partial charge >= 0.3 is 0 Å². The van der Waals surface area contributed by atoms with Gasteiger partial charge in [-0.1, -0.05) is 297 Å². The monoisotopic (exact) mass is 1440 g/mol. The van der Waals surface area contributed by atoms with Gasteiger partial charge in [-0.05, 0) is 83.5 Å². The summed E-state index contributed by atoms with van der Waals surface area (Å²) in [5.41, 5.74) is 0. The number of hydrogen-bond acceptors (Lipinski definition) is 18. The van der Waals surface area contributed by atoms with Crippen molar-refractivity contribution in [2.24, 2.45) is 0 Å². The second-order valence-electron chi connectivity index (χ2n) is 28.1. The van der Waals surface area contributed by atoms with Crippen molar-refractivity contribution in [1.29, 1.82) is 0 Å². The maximum absolute atomic E-state index is 13.5. The Balaban J connectivity index is 1.41. The number of aliphatic hydroxyl groups is 11. The van der Waals surface area contributed by atoms with E-state index in [1.807, 2.05) is 6.08 Å². The van der Waals surface area contributed by atoms with Gasteiger partial charge < -0.3 is 89.9 Å². The number of nitrogens with one attached hydrogen (secondary N) is 1. The predicted molar refractivity (Wildman–Crippen MR) is 406 cm³/mol. The Labute approximate surface area is 615 Å². The van der Waals surface area contributed by atoms with Gasteiger partial charge in [-0.2, -0.15) is 0 Å². The molecule has 0 aliphatic carbocycles. The molecular formula is C83H143NO18. The van der Waals surface area contributed by atoms with Crippen LogP contribution in [0.2, 0.25) is 0 Å². The van der Waals surface area contributed by atoms with E-state index in [0.717, 1.165) is 103 Å². The van der Waals surface area contributed by atoms with Crippen LogP contribution in [0.1, 0.15) is 277 Å². The van der Waals surface area contributed by atoms with Crippen LogP contribution in [0.3, 0.4) is 0 Å². The van der Waals surface area contributed by atoms with Gasteiger partial charge in [0.2, 0.25) is 5.91 Å². The average Bonchev–Trinajstić information content (AvgIpc) is 0.766. The number of aliphatic hydroxyl groups excluding tert-OH is 11. The topological polar surface area (TPSA) is 307 Å². The van der Waals surface area contributed by atoms with E-state index in [4.69, 9.17) is 28.4 Å². The minimum Gasteiger partial charge on any atom is -0.394 e. The van der Waals surface area contributed by atoms with E-state index in [9.17, 15) is 61.0 Å². The van der Waals surface area contributed by atoms with Gasteiger partial charge in [0.25, 0.3) is 0 Å². The summed E-state index contributed by atoms with van der Waals surface area (Å²) in [5.74, 6) is -0.302. The first-order chi connectivity index (χ1) is 49.8. The van der Waals surface area contributed by atoms with Crippen molar-refractivity contribution < 1.29 is 89.4 Å². The van der Waals surface area contributed by atoms with E-state index in [1.165, 1.54) is 148 Å². The standard InChI is InChI=1S/C83H143NO18/c1-3-5-7-9-11-13-15-17-19-21-23-25-27-29-31-33-35-37-39-41-43-45-47-49-51-53-55-57-59-61-71(89)84-66(67(88)60-58-56-54-52-50-48-46-44-42-40-38-36-34-32-30-28-26-24-22-20-18-16-14-12-10-8-6-4-2)65-97-81-77(95)74(92)79(69(63-86)99-81)102-83-78(96)75(93)80(70(64-87)100-83)101-82-76(94)73(91)72(90)68(62-85)98-82/h5,7,11,13,17,19,23,25,29,31,35,37,41,43,47,49,58,60,66-70,72-83,85-88,90-96H,3-4,6,8-10,12,14-16,18,20-22,24,26-28,30,32-34,36,38-40,42,44-46,48,50-57,59,61-65H2,1-2H3,(H,84,89)/b7-5-,13-11-,19-17-,25-23-,31-29-,37-35-,43-41-,49-47-,60-58+. The summed E-state index contributed by atoms with van der Waals surface area (Å²) >= 11 is 0. The Hall–Kier alpha value is -3.55. The van der Waals surface area contributed by atoms with Crippen LogP contribution in [0.4, 0.5) is 0 Å². The van der Waals surface area contributed by atoms with Gasteiger partial charge in [0, 0.05) is 6.42 Å². The molecule has 3 fully saturated rings. The van der Waals surface area contributed by atoms with E-state index < -0.39 is 124 Å². The highest BCUT2D eigenvalue weighted by atomic mass is 16.8. The van der Waals surface area contributed by atoms with Gasteiger partial charge in [-0.25, -0.2) is 0 Å². The number of rotatable bonds is 62. The third-order valence-electron chi connectivity index (χ3n) is 19.3. The summed E-state index contributed by atoms with van der Waals surface area (Å²) in [6, 6.07) is -0.997. The van der Waals surface area contributed by atoms with Crippen LogP contribution in [0.25, 0.3) is 0 Å². The Kier molecular flexibility index (Phi) is 56.8. The van der Waals surface area contributed by atoms with Gasteiger partial charge in [-0.3, -0.25) is 4.79 Å². The largest absolute Gasteiger partial charge is 0.394 e. The van der Waals surface area contributed by atoms with Crippen molar-refractivity contribution in [3.8, 4) is 0 Å². The summed E-state index contributed by atoms with van der Waals surface area (Å²) in [6.45, 7) is 1.62. The Morgan fingerprint density at radius 1 is 0.363 bits per heavy atom. The van der Waals surface area contributed by atoms with Crippen LogP contribution in [-0.2, 0) is 33.2 Å². The SMILES string of the molecule is CC/C=C\C/C=C\C/C=C\C/C=C\C/C=C\C/C=C\C/C=C\C/C=C\CCCCCCC(=O)NC(COC1OC(CO)C(OC2OC(CO)C(OC3OC(CO)C(O)C(O)C3O)C(O)C2O)C(O)C1O)C(O)/C=C/CCCCCCCCCCCCCCCCCCCCCCCCCCCC. The number of allylic oxidation sites excluding steroid dienone is 17. The number of ether oxygens (including phenoxy) is 6. The second-order valence-corrected chi connectivity index (χ2v) is 28.1.